The normalized spacial score (nSPS) is 10.6. The molecule has 0 atom stereocenters. The Labute approximate surface area is 116 Å². The molecule has 0 radical (unpaired) electrons. The summed E-state index contributed by atoms with van der Waals surface area (Å²) >= 11 is 5.80. The van der Waals surface area contributed by atoms with Gasteiger partial charge >= 0.3 is 0 Å². The van der Waals surface area contributed by atoms with Crippen LogP contribution in [0.4, 0.5) is 10.1 Å². The van der Waals surface area contributed by atoms with E-state index in [1.54, 1.807) is 17.9 Å². The Morgan fingerprint density at radius 1 is 1.42 bits per heavy atom. The minimum Gasteiger partial charge on any atom is -0.481 e. The molecule has 1 N–H and O–H groups in total. The molecule has 102 valence electrons. The van der Waals surface area contributed by atoms with Crippen molar-refractivity contribution in [1.29, 1.82) is 0 Å². The van der Waals surface area contributed by atoms with Crippen LogP contribution in [0.15, 0.2) is 18.2 Å². The van der Waals surface area contributed by atoms with E-state index in [0.29, 0.717) is 23.1 Å². The van der Waals surface area contributed by atoms with Gasteiger partial charge < -0.3 is 10.1 Å². The summed E-state index contributed by atoms with van der Waals surface area (Å²) in [6.45, 7) is 2.39. The van der Waals surface area contributed by atoms with Crippen molar-refractivity contribution in [2.75, 3.05) is 12.4 Å². The molecule has 6 heteroatoms. The monoisotopic (exact) mass is 283 g/mol. The molecule has 0 spiro atoms. The van der Waals surface area contributed by atoms with Gasteiger partial charge in [0.1, 0.15) is 5.82 Å². The molecule has 19 heavy (non-hydrogen) atoms. The molecular formula is C13H15ClFN3O. The summed E-state index contributed by atoms with van der Waals surface area (Å²) in [5.41, 5.74) is 2.43. The molecule has 0 amide bonds. The maximum atomic E-state index is 13.2. The molecule has 2 rings (SSSR count). The van der Waals surface area contributed by atoms with Crippen LogP contribution in [-0.2, 0) is 13.6 Å². The van der Waals surface area contributed by atoms with Crippen molar-refractivity contribution in [2.45, 2.75) is 13.5 Å². The highest BCUT2D eigenvalue weighted by Gasteiger charge is 2.13. The molecule has 0 bridgehead atoms. The number of benzene rings is 1. The van der Waals surface area contributed by atoms with E-state index in [1.807, 2.05) is 14.0 Å². The van der Waals surface area contributed by atoms with Crippen molar-refractivity contribution in [2.24, 2.45) is 7.05 Å². The minimum atomic E-state index is -0.370. The first-order chi connectivity index (χ1) is 9.01. The highest BCUT2D eigenvalue weighted by atomic mass is 35.5. The summed E-state index contributed by atoms with van der Waals surface area (Å²) < 4.78 is 20.2. The number of nitrogens with one attached hydrogen (secondary N) is 1. The summed E-state index contributed by atoms with van der Waals surface area (Å²) in [4.78, 5) is 0. The Morgan fingerprint density at radius 3 is 2.79 bits per heavy atom. The van der Waals surface area contributed by atoms with E-state index in [-0.39, 0.29) is 5.82 Å². The number of hydrogen-bond donors (Lipinski definition) is 1. The van der Waals surface area contributed by atoms with Gasteiger partial charge in [-0.1, -0.05) is 11.6 Å². The Morgan fingerprint density at radius 2 is 2.16 bits per heavy atom. The average molecular weight is 284 g/mol. The van der Waals surface area contributed by atoms with Gasteiger partial charge in [0.05, 0.1) is 18.4 Å². The molecule has 0 aliphatic carbocycles. The predicted molar refractivity (Wildman–Crippen MR) is 73.2 cm³/mol. The Hall–Kier alpha value is -1.75. The molecule has 0 unspecified atom stereocenters. The van der Waals surface area contributed by atoms with E-state index in [1.165, 1.54) is 12.1 Å². The summed E-state index contributed by atoms with van der Waals surface area (Å²) in [6, 6.07) is 4.33. The maximum Gasteiger partial charge on any atom is 0.216 e. The van der Waals surface area contributed by atoms with Crippen molar-refractivity contribution < 1.29 is 9.13 Å². The first kappa shape index (κ1) is 13.7. The lowest BCUT2D eigenvalue weighted by molar-refractivity contribution is 0.370. The zero-order valence-corrected chi connectivity index (χ0v) is 11.8. The molecule has 4 nitrogen and oxygen atoms in total. The van der Waals surface area contributed by atoms with Gasteiger partial charge in [0.25, 0.3) is 0 Å². The summed E-state index contributed by atoms with van der Waals surface area (Å²) in [6.07, 6.45) is 0. The number of hydrogen-bond acceptors (Lipinski definition) is 3. The zero-order chi connectivity index (χ0) is 14.0. The van der Waals surface area contributed by atoms with Crippen molar-refractivity contribution in [3.63, 3.8) is 0 Å². The molecule has 0 fully saturated rings. The number of anilines is 1. The summed E-state index contributed by atoms with van der Waals surface area (Å²) in [5.74, 6) is 0.317. The molecule has 0 saturated carbocycles. The maximum absolute atomic E-state index is 13.2. The van der Waals surface area contributed by atoms with Crippen LogP contribution in [0.2, 0.25) is 5.02 Å². The van der Waals surface area contributed by atoms with Gasteiger partial charge in [-0.25, -0.2) is 9.07 Å². The van der Waals surface area contributed by atoms with E-state index in [4.69, 9.17) is 16.3 Å². The molecule has 0 aliphatic rings. The van der Waals surface area contributed by atoms with Crippen LogP contribution in [0.5, 0.6) is 5.88 Å². The smallest absolute Gasteiger partial charge is 0.216 e. The van der Waals surface area contributed by atoms with E-state index in [2.05, 4.69) is 10.4 Å². The van der Waals surface area contributed by atoms with Crippen LogP contribution in [0.1, 0.15) is 11.3 Å². The van der Waals surface area contributed by atoms with Crippen LogP contribution in [-0.4, -0.2) is 16.9 Å². The summed E-state index contributed by atoms with van der Waals surface area (Å²) in [5, 5.41) is 7.75. The fourth-order valence-electron chi connectivity index (χ4n) is 1.99. The van der Waals surface area contributed by atoms with Crippen molar-refractivity contribution in [3.05, 3.63) is 40.3 Å². The standard InChI is InChI=1S/C13H15ClFN3O/c1-8-12(13(19-3)18(2)17-8)7-16-11-5-9(14)4-10(15)6-11/h4-6,16H,7H2,1-3H3. The van der Waals surface area contributed by atoms with Crippen LogP contribution in [0, 0.1) is 12.7 Å². The SMILES string of the molecule is COc1c(CNc2cc(F)cc(Cl)c2)c(C)nn1C. The van der Waals surface area contributed by atoms with Gasteiger partial charge in [-0.15, -0.1) is 0 Å². The topological polar surface area (TPSA) is 39.1 Å². The number of halogens is 2. The average Bonchev–Trinajstić information content (AvgIpc) is 2.59. The van der Waals surface area contributed by atoms with Crippen LogP contribution < -0.4 is 10.1 Å². The Kier molecular flexibility index (Phi) is 3.95. The third-order valence-electron chi connectivity index (χ3n) is 2.81. The number of ether oxygens (including phenoxy) is 1. The van der Waals surface area contributed by atoms with E-state index in [0.717, 1.165) is 11.3 Å². The first-order valence-electron chi connectivity index (χ1n) is 5.77. The quantitative estimate of drug-likeness (QED) is 0.937. The van der Waals surface area contributed by atoms with Gasteiger partial charge in [-0.3, -0.25) is 0 Å². The first-order valence-corrected chi connectivity index (χ1v) is 6.15. The fraction of sp³-hybridized carbons (Fsp3) is 0.308. The fourth-order valence-corrected chi connectivity index (χ4v) is 2.21. The molecule has 0 saturated heterocycles. The zero-order valence-electron chi connectivity index (χ0n) is 11.0. The number of methoxy groups -OCH3 is 1. The number of aromatic nitrogens is 2. The van der Waals surface area contributed by atoms with Crippen molar-refractivity contribution in [3.8, 4) is 5.88 Å². The molecule has 2 aromatic rings. The van der Waals surface area contributed by atoms with Crippen molar-refractivity contribution >= 4 is 17.3 Å². The minimum absolute atomic E-state index is 0.359. The van der Waals surface area contributed by atoms with Gasteiger partial charge in [-0.05, 0) is 25.1 Å². The Bertz CT molecular complexity index is 578. The van der Waals surface area contributed by atoms with E-state index >= 15 is 0 Å². The third kappa shape index (κ3) is 2.98. The Balaban J connectivity index is 2.18. The number of rotatable bonds is 4. The molecule has 0 aliphatic heterocycles. The van der Waals surface area contributed by atoms with Gasteiger partial charge in [0.15, 0.2) is 0 Å². The van der Waals surface area contributed by atoms with Gasteiger partial charge in [-0.2, -0.15) is 5.10 Å². The van der Waals surface area contributed by atoms with Gasteiger partial charge in [0.2, 0.25) is 5.88 Å². The highest BCUT2D eigenvalue weighted by molar-refractivity contribution is 6.30. The van der Waals surface area contributed by atoms with E-state index < -0.39 is 0 Å². The lowest BCUT2D eigenvalue weighted by Gasteiger charge is -2.08. The predicted octanol–water partition coefficient (Wildman–Crippen LogP) is 3.14. The second-order valence-electron chi connectivity index (χ2n) is 4.21. The molecule has 1 heterocycles. The third-order valence-corrected chi connectivity index (χ3v) is 3.03. The summed E-state index contributed by atoms with van der Waals surface area (Å²) in [7, 11) is 3.41. The van der Waals surface area contributed by atoms with Crippen molar-refractivity contribution in [1.82, 2.24) is 9.78 Å². The van der Waals surface area contributed by atoms with E-state index in [9.17, 15) is 4.39 Å². The second kappa shape index (κ2) is 5.48. The van der Waals surface area contributed by atoms with Crippen LogP contribution in [0.3, 0.4) is 0 Å². The lowest BCUT2D eigenvalue weighted by Crippen LogP contribution is -2.03. The highest BCUT2D eigenvalue weighted by Crippen LogP contribution is 2.23. The molecular weight excluding hydrogens is 269 g/mol. The molecule has 1 aromatic heterocycles. The number of aryl methyl sites for hydroxylation is 2. The van der Waals surface area contributed by atoms with Crippen LogP contribution >= 0.6 is 11.6 Å². The van der Waals surface area contributed by atoms with Crippen LogP contribution in [0.25, 0.3) is 0 Å². The lowest BCUT2D eigenvalue weighted by atomic mass is 10.2. The van der Waals surface area contributed by atoms with Gasteiger partial charge in [0, 0.05) is 24.3 Å². The number of nitrogens with zero attached hydrogens (tertiary/aromatic N) is 2. The second-order valence-corrected chi connectivity index (χ2v) is 4.64. The largest absolute Gasteiger partial charge is 0.481 e. The molecule has 1 aromatic carbocycles.